The first-order valence-electron chi connectivity index (χ1n) is 7.76. The molecule has 1 fully saturated rings. The molecular formula is C17H19N3O4. The summed E-state index contributed by atoms with van der Waals surface area (Å²) in [4.78, 5) is 25.2. The fourth-order valence-corrected chi connectivity index (χ4v) is 2.73. The van der Waals surface area contributed by atoms with Crippen LogP contribution in [0.5, 0.6) is 0 Å². The summed E-state index contributed by atoms with van der Waals surface area (Å²) in [5.74, 6) is -1.26. The zero-order chi connectivity index (χ0) is 17.1. The van der Waals surface area contributed by atoms with Gasteiger partial charge in [-0.25, -0.2) is 4.79 Å². The van der Waals surface area contributed by atoms with E-state index in [1.54, 1.807) is 10.9 Å². The molecule has 0 bridgehead atoms. The third kappa shape index (κ3) is 3.30. The third-order valence-corrected chi connectivity index (χ3v) is 4.14. The Morgan fingerprint density at radius 2 is 2.08 bits per heavy atom. The van der Waals surface area contributed by atoms with Crippen molar-refractivity contribution in [2.45, 2.75) is 19.6 Å². The fraction of sp³-hybridized carbons (Fsp3) is 0.353. The molecule has 7 nitrogen and oxygen atoms in total. The van der Waals surface area contributed by atoms with E-state index in [1.807, 2.05) is 37.3 Å². The van der Waals surface area contributed by atoms with E-state index in [9.17, 15) is 9.59 Å². The number of benzene rings is 1. The van der Waals surface area contributed by atoms with Gasteiger partial charge in [-0.1, -0.05) is 30.3 Å². The maximum absolute atomic E-state index is 12.7. The molecule has 0 unspecified atom stereocenters. The number of amides is 1. The number of nitrogens with zero attached hydrogens (tertiary/aromatic N) is 3. The number of rotatable bonds is 4. The molecule has 1 aromatic heterocycles. The van der Waals surface area contributed by atoms with E-state index in [0.29, 0.717) is 18.7 Å². The first-order valence-corrected chi connectivity index (χ1v) is 7.76. The van der Waals surface area contributed by atoms with Gasteiger partial charge in [-0.05, 0) is 12.5 Å². The number of ether oxygens (including phenoxy) is 1. The number of hydrogen-bond acceptors (Lipinski definition) is 4. The second-order valence-electron chi connectivity index (χ2n) is 5.74. The standard InChI is InChI=1S/C17H19N3O4/c1-12-14(9-18-20(12)10-13-5-3-2-4-6-13)16(21)19-7-8-24-15(11-19)17(22)23/h2-6,9,15H,7-8,10-11H2,1H3,(H,22,23)/t15-/m0/s1. The second-order valence-corrected chi connectivity index (χ2v) is 5.74. The lowest BCUT2D eigenvalue weighted by Gasteiger charge is -2.30. The van der Waals surface area contributed by atoms with Crippen LogP contribution in [-0.2, 0) is 16.1 Å². The van der Waals surface area contributed by atoms with E-state index in [4.69, 9.17) is 9.84 Å². The molecule has 0 saturated carbocycles. The van der Waals surface area contributed by atoms with Crippen molar-refractivity contribution in [2.75, 3.05) is 19.7 Å². The van der Waals surface area contributed by atoms with Gasteiger partial charge in [0.15, 0.2) is 6.10 Å². The van der Waals surface area contributed by atoms with Gasteiger partial charge in [0, 0.05) is 12.2 Å². The zero-order valence-corrected chi connectivity index (χ0v) is 13.4. The molecule has 2 aromatic rings. The van der Waals surface area contributed by atoms with Crippen molar-refractivity contribution < 1.29 is 19.4 Å². The quantitative estimate of drug-likeness (QED) is 0.910. The molecule has 3 rings (SSSR count). The Morgan fingerprint density at radius 1 is 1.33 bits per heavy atom. The molecule has 0 spiro atoms. The Morgan fingerprint density at radius 3 is 2.79 bits per heavy atom. The molecule has 0 radical (unpaired) electrons. The van der Waals surface area contributed by atoms with Crippen LogP contribution in [0.15, 0.2) is 36.5 Å². The van der Waals surface area contributed by atoms with Crippen LogP contribution in [0.4, 0.5) is 0 Å². The lowest BCUT2D eigenvalue weighted by Crippen LogP contribution is -2.48. The number of carbonyl (C=O) groups is 2. The SMILES string of the molecule is Cc1c(C(=O)N2CCO[C@H](C(=O)O)C2)cnn1Cc1ccccc1. The average molecular weight is 329 g/mol. The number of carboxylic acids is 1. The summed E-state index contributed by atoms with van der Waals surface area (Å²) < 4.78 is 6.93. The van der Waals surface area contributed by atoms with Gasteiger partial charge in [0.1, 0.15) is 0 Å². The summed E-state index contributed by atoms with van der Waals surface area (Å²) in [6, 6.07) is 9.87. The Hall–Kier alpha value is -2.67. The van der Waals surface area contributed by atoms with Crippen LogP contribution in [-0.4, -0.2) is 57.5 Å². The van der Waals surface area contributed by atoms with Gasteiger partial charge in [-0.2, -0.15) is 5.10 Å². The van der Waals surface area contributed by atoms with Gasteiger partial charge in [-0.3, -0.25) is 9.48 Å². The predicted octanol–water partition coefficient (Wildman–Crippen LogP) is 1.17. The molecule has 1 amide bonds. The number of carboxylic acid groups (broad SMARTS) is 1. The van der Waals surface area contributed by atoms with Crippen LogP contribution < -0.4 is 0 Å². The molecule has 24 heavy (non-hydrogen) atoms. The number of morpholine rings is 1. The summed E-state index contributed by atoms with van der Waals surface area (Å²) in [6.45, 7) is 3.09. The molecule has 1 aliphatic rings. The number of hydrogen-bond donors (Lipinski definition) is 1. The maximum Gasteiger partial charge on any atom is 0.334 e. The van der Waals surface area contributed by atoms with Crippen LogP contribution in [0.25, 0.3) is 0 Å². The van der Waals surface area contributed by atoms with Gasteiger partial charge < -0.3 is 14.7 Å². The van der Waals surface area contributed by atoms with Crippen molar-refractivity contribution in [3.05, 3.63) is 53.3 Å². The summed E-state index contributed by atoms with van der Waals surface area (Å²) >= 11 is 0. The van der Waals surface area contributed by atoms with E-state index in [1.165, 1.54) is 4.90 Å². The van der Waals surface area contributed by atoms with Crippen molar-refractivity contribution in [2.24, 2.45) is 0 Å². The molecule has 0 aliphatic carbocycles. The van der Waals surface area contributed by atoms with Crippen LogP contribution in [0.2, 0.25) is 0 Å². The number of aliphatic carboxylic acids is 1. The van der Waals surface area contributed by atoms with E-state index in [0.717, 1.165) is 11.3 Å². The summed E-state index contributed by atoms with van der Waals surface area (Å²) in [5, 5.41) is 13.4. The summed E-state index contributed by atoms with van der Waals surface area (Å²) in [5.41, 5.74) is 2.36. The summed E-state index contributed by atoms with van der Waals surface area (Å²) in [7, 11) is 0. The van der Waals surface area contributed by atoms with E-state index in [-0.39, 0.29) is 19.1 Å². The van der Waals surface area contributed by atoms with Crippen molar-refractivity contribution in [3.8, 4) is 0 Å². The fourth-order valence-electron chi connectivity index (χ4n) is 2.73. The Balaban J connectivity index is 1.75. The third-order valence-electron chi connectivity index (χ3n) is 4.14. The molecule has 1 aliphatic heterocycles. The van der Waals surface area contributed by atoms with Gasteiger partial charge in [0.05, 0.1) is 31.5 Å². The minimum Gasteiger partial charge on any atom is -0.479 e. The van der Waals surface area contributed by atoms with Gasteiger partial charge >= 0.3 is 5.97 Å². The van der Waals surface area contributed by atoms with E-state index in [2.05, 4.69) is 5.10 Å². The van der Waals surface area contributed by atoms with Crippen molar-refractivity contribution in [1.29, 1.82) is 0 Å². The van der Waals surface area contributed by atoms with E-state index >= 15 is 0 Å². The zero-order valence-electron chi connectivity index (χ0n) is 13.4. The highest BCUT2D eigenvalue weighted by Crippen LogP contribution is 2.15. The number of carbonyl (C=O) groups excluding carboxylic acids is 1. The smallest absolute Gasteiger partial charge is 0.334 e. The monoisotopic (exact) mass is 329 g/mol. The minimum absolute atomic E-state index is 0.0530. The Kier molecular flexibility index (Phi) is 4.61. The van der Waals surface area contributed by atoms with Crippen LogP contribution in [0.1, 0.15) is 21.6 Å². The number of aromatic nitrogens is 2. The normalized spacial score (nSPS) is 17.7. The lowest BCUT2D eigenvalue weighted by atomic mass is 10.2. The largest absolute Gasteiger partial charge is 0.479 e. The van der Waals surface area contributed by atoms with Gasteiger partial charge in [-0.15, -0.1) is 0 Å². The van der Waals surface area contributed by atoms with Crippen LogP contribution in [0, 0.1) is 6.92 Å². The molecule has 126 valence electrons. The highest BCUT2D eigenvalue weighted by molar-refractivity contribution is 5.95. The minimum atomic E-state index is -1.05. The molecule has 1 atom stereocenters. The van der Waals surface area contributed by atoms with Crippen LogP contribution in [0.3, 0.4) is 0 Å². The van der Waals surface area contributed by atoms with Gasteiger partial charge in [0.25, 0.3) is 5.91 Å². The molecule has 1 saturated heterocycles. The van der Waals surface area contributed by atoms with Crippen LogP contribution >= 0.6 is 0 Å². The van der Waals surface area contributed by atoms with Crippen molar-refractivity contribution >= 4 is 11.9 Å². The Labute approximate surface area is 139 Å². The first kappa shape index (κ1) is 16.2. The first-order chi connectivity index (χ1) is 11.6. The topological polar surface area (TPSA) is 84.7 Å². The highest BCUT2D eigenvalue weighted by Gasteiger charge is 2.30. The molecule has 2 heterocycles. The summed E-state index contributed by atoms with van der Waals surface area (Å²) in [6.07, 6.45) is 0.577. The molecule has 7 heteroatoms. The lowest BCUT2D eigenvalue weighted by molar-refractivity contribution is -0.154. The second kappa shape index (κ2) is 6.84. The molecule has 1 N–H and O–H groups in total. The van der Waals surface area contributed by atoms with E-state index < -0.39 is 12.1 Å². The highest BCUT2D eigenvalue weighted by atomic mass is 16.5. The molecule has 1 aromatic carbocycles. The van der Waals surface area contributed by atoms with Crippen molar-refractivity contribution in [1.82, 2.24) is 14.7 Å². The average Bonchev–Trinajstić information content (AvgIpc) is 2.96. The molecular weight excluding hydrogens is 310 g/mol. The van der Waals surface area contributed by atoms with Gasteiger partial charge in [0.2, 0.25) is 0 Å². The maximum atomic E-state index is 12.7. The predicted molar refractivity (Wildman–Crippen MR) is 85.8 cm³/mol. The Bertz CT molecular complexity index is 742. The van der Waals surface area contributed by atoms with Crippen molar-refractivity contribution in [3.63, 3.8) is 0 Å².